The van der Waals surface area contributed by atoms with Gasteiger partial charge in [0, 0.05) is 49.0 Å². The summed E-state index contributed by atoms with van der Waals surface area (Å²) < 4.78 is 0. The Morgan fingerprint density at radius 1 is 1.00 bits per heavy atom. The molecule has 2 heterocycles. The van der Waals surface area contributed by atoms with Crippen molar-refractivity contribution in [2.75, 3.05) is 24.5 Å². The number of aromatic nitrogens is 2. The van der Waals surface area contributed by atoms with Crippen LogP contribution < -0.4 is 4.90 Å². The van der Waals surface area contributed by atoms with Crippen LogP contribution in [-0.2, 0) is 4.79 Å². The maximum atomic E-state index is 12.4. The van der Waals surface area contributed by atoms with Crippen molar-refractivity contribution < 1.29 is 4.79 Å². The van der Waals surface area contributed by atoms with Crippen molar-refractivity contribution in [3.63, 3.8) is 0 Å². The summed E-state index contributed by atoms with van der Waals surface area (Å²) >= 11 is 0. The molecule has 5 heteroatoms. The molecule has 4 fully saturated rings. The molecule has 0 aromatic carbocycles. The lowest BCUT2D eigenvalue weighted by atomic mass is 9.55. The lowest BCUT2D eigenvalue weighted by molar-refractivity contribution is -0.129. The van der Waals surface area contributed by atoms with Gasteiger partial charge in [0.05, 0.1) is 18.1 Å². The Kier molecular flexibility index (Phi) is 5.39. The number of hydrogen-bond donors (Lipinski definition) is 0. The van der Waals surface area contributed by atoms with Gasteiger partial charge in [-0.3, -0.25) is 9.69 Å². The lowest BCUT2D eigenvalue weighted by Crippen LogP contribution is -2.63. The van der Waals surface area contributed by atoms with E-state index in [9.17, 15) is 4.79 Å². The predicted octanol–water partition coefficient (Wildman–Crippen LogP) is 4.82. The molecule has 5 rings (SSSR count). The van der Waals surface area contributed by atoms with Crippen LogP contribution in [0, 0.1) is 17.3 Å². The summed E-state index contributed by atoms with van der Waals surface area (Å²) in [5, 5.41) is 0. The fourth-order valence-corrected chi connectivity index (χ4v) is 6.72. The average molecular weight is 425 g/mol. The van der Waals surface area contributed by atoms with Gasteiger partial charge in [0.25, 0.3) is 0 Å². The average Bonchev–Trinajstić information content (AvgIpc) is 3.51. The minimum atomic E-state index is 0.200. The third-order valence-corrected chi connectivity index (χ3v) is 8.87. The van der Waals surface area contributed by atoms with Gasteiger partial charge in [0.2, 0.25) is 0 Å². The summed E-state index contributed by atoms with van der Waals surface area (Å²) in [6.45, 7) is 11.8. The van der Waals surface area contributed by atoms with E-state index in [2.05, 4.69) is 47.5 Å². The molecule has 0 atom stereocenters. The van der Waals surface area contributed by atoms with Crippen molar-refractivity contribution in [3.8, 4) is 0 Å². The Morgan fingerprint density at radius 3 is 2.19 bits per heavy atom. The van der Waals surface area contributed by atoms with Crippen molar-refractivity contribution >= 4 is 11.5 Å². The number of anilines is 1. The normalized spacial score (nSPS) is 32.6. The van der Waals surface area contributed by atoms with Crippen molar-refractivity contribution in [1.82, 2.24) is 14.9 Å². The number of hydrogen-bond acceptors (Lipinski definition) is 5. The topological polar surface area (TPSA) is 49.3 Å². The predicted molar refractivity (Wildman–Crippen MR) is 124 cm³/mol. The molecule has 0 radical (unpaired) electrons. The molecule has 1 aliphatic heterocycles. The fraction of sp³-hybridized carbons (Fsp3) is 0.808. The maximum Gasteiger partial charge on any atom is 0.138 e. The Hall–Kier alpha value is -1.49. The number of rotatable bonds is 5. The van der Waals surface area contributed by atoms with E-state index >= 15 is 0 Å². The highest BCUT2D eigenvalue weighted by Crippen LogP contribution is 2.58. The number of ketones is 1. The summed E-state index contributed by atoms with van der Waals surface area (Å²) in [7, 11) is 0. The van der Waals surface area contributed by atoms with Gasteiger partial charge in [0.1, 0.15) is 11.6 Å². The minimum absolute atomic E-state index is 0.200. The van der Waals surface area contributed by atoms with Gasteiger partial charge in [-0.15, -0.1) is 0 Å². The van der Waals surface area contributed by atoms with Crippen LogP contribution in [0.25, 0.3) is 0 Å². The molecular weight excluding hydrogens is 384 g/mol. The highest BCUT2D eigenvalue weighted by molar-refractivity contribution is 5.82. The van der Waals surface area contributed by atoms with Crippen LogP contribution in [0.15, 0.2) is 12.4 Å². The molecule has 0 amide bonds. The molecule has 1 aromatic rings. The molecule has 0 unspecified atom stereocenters. The van der Waals surface area contributed by atoms with E-state index in [1.165, 1.54) is 50.8 Å². The van der Waals surface area contributed by atoms with Gasteiger partial charge >= 0.3 is 0 Å². The van der Waals surface area contributed by atoms with E-state index in [4.69, 9.17) is 0 Å². The zero-order valence-electron chi connectivity index (χ0n) is 19.9. The number of piperazine rings is 1. The number of carbonyl (C=O) groups is 1. The molecule has 3 aliphatic carbocycles. The van der Waals surface area contributed by atoms with Gasteiger partial charge in [-0.05, 0) is 56.8 Å². The molecule has 0 bridgehead atoms. The van der Waals surface area contributed by atoms with Crippen LogP contribution in [-0.4, -0.2) is 51.9 Å². The Balaban J connectivity index is 1.17. The highest BCUT2D eigenvalue weighted by Gasteiger charge is 2.58. The zero-order valence-corrected chi connectivity index (χ0v) is 19.9. The van der Waals surface area contributed by atoms with Gasteiger partial charge in [0.15, 0.2) is 0 Å². The standard InChI is InChI=1S/C26H40N4O/c1-18(2)23(31)20-5-7-25(8-6-20)13-21(14-25)30-12-11-29(17-26(30)9-10-26)22-15-27-24(19(3)4)28-16-22/h15-16,18-21H,5-14,17H2,1-4H3. The van der Waals surface area contributed by atoms with Crippen LogP contribution in [0.2, 0.25) is 0 Å². The molecule has 5 nitrogen and oxygen atoms in total. The van der Waals surface area contributed by atoms with Crippen molar-refractivity contribution in [1.29, 1.82) is 0 Å². The molecule has 1 saturated heterocycles. The third kappa shape index (κ3) is 3.92. The smallest absolute Gasteiger partial charge is 0.138 e. The van der Waals surface area contributed by atoms with Crippen LogP contribution >= 0.6 is 0 Å². The van der Waals surface area contributed by atoms with Crippen molar-refractivity contribution in [2.45, 2.75) is 96.6 Å². The van der Waals surface area contributed by atoms with Crippen molar-refractivity contribution in [3.05, 3.63) is 18.2 Å². The molecular formula is C26H40N4O. The molecule has 1 aromatic heterocycles. The number of nitrogens with zero attached hydrogens (tertiary/aromatic N) is 4. The van der Waals surface area contributed by atoms with Gasteiger partial charge in [-0.2, -0.15) is 0 Å². The van der Waals surface area contributed by atoms with E-state index in [0.717, 1.165) is 37.8 Å². The monoisotopic (exact) mass is 424 g/mol. The first-order valence-electron chi connectivity index (χ1n) is 12.7. The lowest BCUT2D eigenvalue weighted by Gasteiger charge is -2.58. The molecule has 0 N–H and O–H groups in total. The second-order valence-electron chi connectivity index (χ2n) is 11.7. The van der Waals surface area contributed by atoms with E-state index < -0.39 is 0 Å². The number of Topliss-reactive ketones (excluding diaryl/α,β-unsaturated/α-hetero) is 1. The number of carbonyl (C=O) groups excluding carboxylic acids is 1. The maximum absolute atomic E-state index is 12.4. The van der Waals surface area contributed by atoms with Crippen molar-refractivity contribution in [2.24, 2.45) is 17.3 Å². The first kappa shape index (κ1) is 21.4. The van der Waals surface area contributed by atoms with Crippen LogP contribution in [0.5, 0.6) is 0 Å². The molecule has 170 valence electrons. The fourth-order valence-electron chi connectivity index (χ4n) is 6.72. The summed E-state index contributed by atoms with van der Waals surface area (Å²) in [6, 6.07) is 0.765. The Labute approximate surface area is 188 Å². The summed E-state index contributed by atoms with van der Waals surface area (Å²) in [6.07, 6.45) is 14.3. The first-order chi connectivity index (χ1) is 14.8. The van der Waals surface area contributed by atoms with E-state index in [-0.39, 0.29) is 5.92 Å². The summed E-state index contributed by atoms with van der Waals surface area (Å²) in [4.78, 5) is 27.0. The van der Waals surface area contributed by atoms with E-state index in [1.807, 2.05) is 12.4 Å². The molecule has 3 saturated carbocycles. The van der Waals surface area contributed by atoms with Gasteiger partial charge in [-0.25, -0.2) is 9.97 Å². The largest absolute Gasteiger partial charge is 0.366 e. The SMILES string of the molecule is CC(C)C(=O)C1CCC2(CC1)CC(N1CCN(c3cnc(C(C)C)nc3)CC13CC3)C2. The van der Waals surface area contributed by atoms with E-state index in [1.54, 1.807) is 0 Å². The van der Waals surface area contributed by atoms with Crippen LogP contribution in [0.4, 0.5) is 5.69 Å². The molecule has 31 heavy (non-hydrogen) atoms. The van der Waals surface area contributed by atoms with Crippen LogP contribution in [0.3, 0.4) is 0 Å². The van der Waals surface area contributed by atoms with E-state index in [0.29, 0.717) is 28.6 Å². The minimum Gasteiger partial charge on any atom is -0.366 e. The van der Waals surface area contributed by atoms with Gasteiger partial charge in [-0.1, -0.05) is 27.7 Å². The zero-order chi connectivity index (χ0) is 21.8. The summed E-state index contributed by atoms with van der Waals surface area (Å²) in [5.41, 5.74) is 2.13. The Bertz CT molecular complexity index is 797. The first-order valence-corrected chi connectivity index (χ1v) is 12.7. The van der Waals surface area contributed by atoms with Crippen LogP contribution in [0.1, 0.15) is 90.8 Å². The third-order valence-electron chi connectivity index (χ3n) is 8.87. The second-order valence-corrected chi connectivity index (χ2v) is 11.7. The van der Waals surface area contributed by atoms with Gasteiger partial charge < -0.3 is 4.90 Å². The highest BCUT2D eigenvalue weighted by atomic mass is 16.1. The molecule has 2 spiro atoms. The summed E-state index contributed by atoms with van der Waals surface area (Å²) in [5.74, 6) is 2.36. The Morgan fingerprint density at radius 2 is 1.65 bits per heavy atom. The second kappa shape index (κ2) is 7.83. The molecule has 4 aliphatic rings. The quantitative estimate of drug-likeness (QED) is 0.678.